The van der Waals surface area contributed by atoms with E-state index < -0.39 is 0 Å². The second-order valence-corrected chi connectivity index (χ2v) is 5.19. The fraction of sp³-hybridized carbons (Fsp3) is 0.562. The first-order valence-electron chi connectivity index (χ1n) is 7.15. The summed E-state index contributed by atoms with van der Waals surface area (Å²) in [7, 11) is 1.60. The summed E-state index contributed by atoms with van der Waals surface area (Å²) in [6.07, 6.45) is 3.32. The standard InChI is InChI=1S/C16H21FO3/c1-3-20-16(18)12-6-4-11(5-7-12)14-10-13(17)8-9-15(14)19-2/h8-12H,3-7H2,1-2H3. The Morgan fingerprint density at radius 2 is 2.00 bits per heavy atom. The lowest BCUT2D eigenvalue weighted by molar-refractivity contribution is -0.149. The van der Waals surface area contributed by atoms with Crippen LogP contribution in [0.3, 0.4) is 0 Å². The highest BCUT2D eigenvalue weighted by molar-refractivity contribution is 5.72. The molecule has 1 aromatic carbocycles. The first-order chi connectivity index (χ1) is 9.65. The lowest BCUT2D eigenvalue weighted by Gasteiger charge is -2.28. The van der Waals surface area contributed by atoms with E-state index in [9.17, 15) is 9.18 Å². The average molecular weight is 280 g/mol. The Hall–Kier alpha value is -1.58. The molecular weight excluding hydrogens is 259 g/mol. The zero-order chi connectivity index (χ0) is 14.5. The Bertz CT molecular complexity index is 465. The van der Waals surface area contributed by atoms with Gasteiger partial charge in [0.05, 0.1) is 19.6 Å². The number of hydrogen-bond acceptors (Lipinski definition) is 3. The first-order valence-corrected chi connectivity index (χ1v) is 7.15. The highest BCUT2D eigenvalue weighted by Gasteiger charge is 2.29. The van der Waals surface area contributed by atoms with Gasteiger partial charge in [-0.15, -0.1) is 0 Å². The van der Waals surface area contributed by atoms with Crippen LogP contribution in [0.15, 0.2) is 18.2 Å². The van der Waals surface area contributed by atoms with Crippen molar-refractivity contribution in [3.63, 3.8) is 0 Å². The van der Waals surface area contributed by atoms with E-state index in [0.29, 0.717) is 6.61 Å². The molecule has 4 heteroatoms. The number of carbonyl (C=O) groups is 1. The summed E-state index contributed by atoms with van der Waals surface area (Å²) < 4.78 is 23.8. The van der Waals surface area contributed by atoms with Gasteiger partial charge in [0.25, 0.3) is 0 Å². The zero-order valence-corrected chi connectivity index (χ0v) is 12.0. The lowest BCUT2D eigenvalue weighted by atomic mass is 9.78. The van der Waals surface area contributed by atoms with Crippen molar-refractivity contribution in [3.05, 3.63) is 29.6 Å². The molecule has 1 aliphatic rings. The van der Waals surface area contributed by atoms with Gasteiger partial charge in [0.1, 0.15) is 11.6 Å². The van der Waals surface area contributed by atoms with Gasteiger partial charge in [-0.3, -0.25) is 4.79 Å². The molecule has 0 bridgehead atoms. The topological polar surface area (TPSA) is 35.5 Å². The molecular formula is C16H21FO3. The van der Waals surface area contributed by atoms with Gasteiger partial charge in [-0.1, -0.05) is 0 Å². The molecule has 0 spiro atoms. The number of hydrogen-bond donors (Lipinski definition) is 0. The Kier molecular flexibility index (Phi) is 4.99. The van der Waals surface area contributed by atoms with Crippen LogP contribution in [0, 0.1) is 11.7 Å². The van der Waals surface area contributed by atoms with Crippen LogP contribution < -0.4 is 4.74 Å². The minimum Gasteiger partial charge on any atom is -0.496 e. The van der Waals surface area contributed by atoms with Gasteiger partial charge in [-0.25, -0.2) is 4.39 Å². The maximum absolute atomic E-state index is 13.4. The van der Waals surface area contributed by atoms with Crippen molar-refractivity contribution in [3.8, 4) is 5.75 Å². The molecule has 1 aliphatic carbocycles. The fourth-order valence-electron chi connectivity index (χ4n) is 2.92. The molecule has 0 aliphatic heterocycles. The maximum Gasteiger partial charge on any atom is 0.308 e. The van der Waals surface area contributed by atoms with Crippen LogP contribution in [0.4, 0.5) is 4.39 Å². The first kappa shape index (κ1) is 14.8. The number of methoxy groups -OCH3 is 1. The highest BCUT2D eigenvalue weighted by Crippen LogP contribution is 2.40. The Labute approximate surface area is 119 Å². The van der Waals surface area contributed by atoms with Crippen LogP contribution >= 0.6 is 0 Å². The molecule has 0 heterocycles. The fourth-order valence-corrected chi connectivity index (χ4v) is 2.92. The third-order valence-electron chi connectivity index (χ3n) is 3.98. The van der Waals surface area contributed by atoms with Crippen LogP contribution in [-0.4, -0.2) is 19.7 Å². The number of halogens is 1. The summed E-state index contributed by atoms with van der Waals surface area (Å²) in [6.45, 7) is 2.25. The SMILES string of the molecule is CCOC(=O)C1CCC(c2cc(F)ccc2OC)CC1. The van der Waals surface area contributed by atoms with E-state index in [1.807, 2.05) is 6.92 Å². The monoisotopic (exact) mass is 280 g/mol. The molecule has 0 atom stereocenters. The van der Waals surface area contributed by atoms with E-state index in [1.54, 1.807) is 19.2 Å². The predicted octanol–water partition coefficient (Wildman–Crippen LogP) is 3.67. The summed E-state index contributed by atoms with van der Waals surface area (Å²) in [5, 5.41) is 0. The zero-order valence-electron chi connectivity index (χ0n) is 12.0. The van der Waals surface area contributed by atoms with Crippen molar-refractivity contribution in [1.82, 2.24) is 0 Å². The van der Waals surface area contributed by atoms with Crippen LogP contribution in [0.2, 0.25) is 0 Å². The molecule has 0 aromatic heterocycles. The van der Waals surface area contributed by atoms with Gasteiger partial charge < -0.3 is 9.47 Å². The summed E-state index contributed by atoms with van der Waals surface area (Å²) in [6, 6.07) is 4.63. The molecule has 0 radical (unpaired) electrons. The van der Waals surface area contributed by atoms with Crippen LogP contribution in [0.25, 0.3) is 0 Å². The normalized spacial score (nSPS) is 22.4. The smallest absolute Gasteiger partial charge is 0.308 e. The molecule has 1 fully saturated rings. The van der Waals surface area contributed by atoms with Gasteiger partial charge in [0.15, 0.2) is 0 Å². The van der Waals surface area contributed by atoms with Crippen LogP contribution in [0.1, 0.15) is 44.1 Å². The Morgan fingerprint density at radius 1 is 1.30 bits per heavy atom. The minimum absolute atomic E-state index is 0.00856. The van der Waals surface area contributed by atoms with Crippen molar-refractivity contribution in [1.29, 1.82) is 0 Å². The molecule has 3 nitrogen and oxygen atoms in total. The van der Waals surface area contributed by atoms with Gasteiger partial charge in [-0.2, -0.15) is 0 Å². The molecule has 0 N–H and O–H groups in total. The summed E-state index contributed by atoms with van der Waals surface area (Å²) in [5.41, 5.74) is 0.912. The largest absolute Gasteiger partial charge is 0.496 e. The Morgan fingerprint density at radius 3 is 2.60 bits per heavy atom. The van der Waals surface area contributed by atoms with Crippen molar-refractivity contribution in [2.75, 3.05) is 13.7 Å². The van der Waals surface area contributed by atoms with Crippen LogP contribution in [-0.2, 0) is 9.53 Å². The van der Waals surface area contributed by atoms with E-state index in [-0.39, 0.29) is 23.6 Å². The van der Waals surface area contributed by atoms with E-state index in [4.69, 9.17) is 9.47 Å². The number of esters is 1. The van der Waals surface area contributed by atoms with Gasteiger partial charge in [0, 0.05) is 5.56 Å². The van der Waals surface area contributed by atoms with E-state index in [0.717, 1.165) is 37.0 Å². The lowest BCUT2D eigenvalue weighted by Crippen LogP contribution is -2.23. The van der Waals surface area contributed by atoms with Gasteiger partial charge >= 0.3 is 5.97 Å². The van der Waals surface area contributed by atoms with Gasteiger partial charge in [0.2, 0.25) is 0 Å². The quantitative estimate of drug-likeness (QED) is 0.789. The van der Waals surface area contributed by atoms with E-state index in [1.165, 1.54) is 6.07 Å². The van der Waals surface area contributed by atoms with Crippen molar-refractivity contribution >= 4 is 5.97 Å². The second kappa shape index (κ2) is 6.73. The third kappa shape index (κ3) is 3.30. The molecule has 0 saturated heterocycles. The highest BCUT2D eigenvalue weighted by atomic mass is 19.1. The van der Waals surface area contributed by atoms with Crippen molar-refractivity contribution in [2.24, 2.45) is 5.92 Å². The predicted molar refractivity (Wildman–Crippen MR) is 74.3 cm³/mol. The Balaban J connectivity index is 2.03. The van der Waals surface area contributed by atoms with Gasteiger partial charge in [-0.05, 0) is 56.7 Å². The minimum atomic E-state index is -0.242. The number of rotatable bonds is 4. The van der Waals surface area contributed by atoms with E-state index in [2.05, 4.69) is 0 Å². The average Bonchev–Trinajstić information content (AvgIpc) is 2.47. The second-order valence-electron chi connectivity index (χ2n) is 5.19. The number of benzene rings is 1. The molecule has 2 rings (SSSR count). The van der Waals surface area contributed by atoms with Crippen molar-refractivity contribution < 1.29 is 18.7 Å². The third-order valence-corrected chi connectivity index (χ3v) is 3.98. The molecule has 1 aromatic rings. The molecule has 0 unspecified atom stereocenters. The number of carbonyl (C=O) groups excluding carboxylic acids is 1. The van der Waals surface area contributed by atoms with Crippen LogP contribution in [0.5, 0.6) is 5.75 Å². The molecule has 1 saturated carbocycles. The van der Waals surface area contributed by atoms with E-state index >= 15 is 0 Å². The summed E-state index contributed by atoms with van der Waals surface area (Å²) in [5.74, 6) is 0.633. The number of ether oxygens (including phenoxy) is 2. The molecule has 0 amide bonds. The molecule has 110 valence electrons. The molecule has 20 heavy (non-hydrogen) atoms. The summed E-state index contributed by atoms with van der Waals surface area (Å²) in [4.78, 5) is 11.7. The van der Waals surface area contributed by atoms with Crippen molar-refractivity contribution in [2.45, 2.75) is 38.5 Å². The summed E-state index contributed by atoms with van der Waals surface area (Å²) >= 11 is 0. The maximum atomic E-state index is 13.4.